The van der Waals surface area contributed by atoms with Gasteiger partial charge in [-0.25, -0.2) is 4.39 Å². The van der Waals surface area contributed by atoms with Crippen molar-refractivity contribution in [3.05, 3.63) is 59.9 Å². The number of rotatable bonds is 6. The van der Waals surface area contributed by atoms with Gasteiger partial charge >= 0.3 is 0 Å². The average Bonchev–Trinajstić information content (AvgIpc) is 3.36. The number of nitrogens with one attached hydrogen (secondary N) is 1. The summed E-state index contributed by atoms with van der Waals surface area (Å²) in [5, 5.41) is 2.91. The number of hydrogen-bond donors (Lipinski definition) is 2. The van der Waals surface area contributed by atoms with Gasteiger partial charge in [0, 0.05) is 18.2 Å². The van der Waals surface area contributed by atoms with Crippen molar-refractivity contribution in [2.24, 2.45) is 11.7 Å². The summed E-state index contributed by atoms with van der Waals surface area (Å²) in [5.41, 5.74) is 7.13. The van der Waals surface area contributed by atoms with Crippen molar-refractivity contribution in [3.8, 4) is 5.75 Å². The molecule has 0 bridgehead atoms. The molecule has 23 heavy (non-hydrogen) atoms. The van der Waals surface area contributed by atoms with Crippen LogP contribution in [-0.4, -0.2) is 19.1 Å². The van der Waals surface area contributed by atoms with Gasteiger partial charge in [0.05, 0.1) is 0 Å². The van der Waals surface area contributed by atoms with Crippen LogP contribution >= 0.6 is 0 Å². The summed E-state index contributed by atoms with van der Waals surface area (Å²) in [6.45, 7) is 0.929. The van der Waals surface area contributed by atoms with Crippen molar-refractivity contribution in [2.75, 3.05) is 18.5 Å². The summed E-state index contributed by atoms with van der Waals surface area (Å²) in [4.78, 5) is 12.2. The van der Waals surface area contributed by atoms with Gasteiger partial charge in [0.1, 0.15) is 18.2 Å². The highest BCUT2D eigenvalue weighted by Gasteiger charge is 2.43. The summed E-state index contributed by atoms with van der Waals surface area (Å²) in [6, 6.07) is 13.6. The van der Waals surface area contributed by atoms with Crippen LogP contribution in [0.15, 0.2) is 48.5 Å². The maximum atomic E-state index is 12.9. The van der Waals surface area contributed by atoms with Gasteiger partial charge in [0.25, 0.3) is 0 Å². The first kappa shape index (κ1) is 15.5. The van der Waals surface area contributed by atoms with Crippen LogP contribution in [0.5, 0.6) is 5.75 Å². The lowest BCUT2D eigenvalue weighted by molar-refractivity contribution is -0.117. The Labute approximate surface area is 134 Å². The molecule has 1 aliphatic rings. The first-order valence-electron chi connectivity index (χ1n) is 7.66. The fourth-order valence-corrected chi connectivity index (χ4v) is 2.61. The van der Waals surface area contributed by atoms with E-state index >= 15 is 0 Å². The fraction of sp³-hybridized carbons (Fsp3) is 0.278. The first-order valence-corrected chi connectivity index (χ1v) is 7.66. The van der Waals surface area contributed by atoms with Crippen molar-refractivity contribution in [3.63, 3.8) is 0 Å². The molecule has 5 heteroatoms. The lowest BCUT2D eigenvalue weighted by atomic mass is 10.1. The second kappa shape index (κ2) is 6.79. The van der Waals surface area contributed by atoms with Gasteiger partial charge in [-0.1, -0.05) is 12.1 Å². The number of anilines is 1. The molecule has 1 fully saturated rings. The highest BCUT2D eigenvalue weighted by atomic mass is 19.1. The molecule has 2 aromatic rings. The molecular weight excluding hydrogens is 295 g/mol. The van der Waals surface area contributed by atoms with Crippen molar-refractivity contribution >= 4 is 11.6 Å². The Morgan fingerprint density at radius 1 is 1.17 bits per heavy atom. The number of ether oxygens (including phenoxy) is 1. The van der Waals surface area contributed by atoms with Gasteiger partial charge in [-0.3, -0.25) is 4.79 Å². The van der Waals surface area contributed by atoms with Gasteiger partial charge in [-0.05, 0) is 54.3 Å². The molecule has 0 aromatic heterocycles. The van der Waals surface area contributed by atoms with E-state index in [0.717, 1.165) is 23.4 Å². The van der Waals surface area contributed by atoms with E-state index in [1.165, 1.54) is 12.1 Å². The molecule has 2 aromatic carbocycles. The molecule has 0 heterocycles. The van der Waals surface area contributed by atoms with E-state index in [-0.39, 0.29) is 23.6 Å². The smallest absolute Gasteiger partial charge is 0.228 e. The topological polar surface area (TPSA) is 64.3 Å². The minimum atomic E-state index is -0.257. The molecule has 0 radical (unpaired) electrons. The Morgan fingerprint density at radius 3 is 2.52 bits per heavy atom. The second-order valence-corrected chi connectivity index (χ2v) is 5.65. The number of carbonyl (C=O) groups excluding carboxylic acids is 1. The number of hydrogen-bond acceptors (Lipinski definition) is 3. The zero-order valence-corrected chi connectivity index (χ0v) is 12.7. The Balaban J connectivity index is 1.55. The standard InChI is InChI=1S/C18H19FN2O2/c19-13-3-1-12(2-4-13)16-11-17(16)18(22)21-14-5-7-15(8-6-14)23-10-9-20/h1-8,16-17H,9-11,20H2,(H,21,22). The van der Waals surface area contributed by atoms with Crippen LogP contribution in [0, 0.1) is 11.7 Å². The maximum absolute atomic E-state index is 12.9. The maximum Gasteiger partial charge on any atom is 0.228 e. The molecule has 0 spiro atoms. The van der Waals surface area contributed by atoms with Crippen LogP contribution in [0.2, 0.25) is 0 Å². The average molecular weight is 314 g/mol. The van der Waals surface area contributed by atoms with E-state index in [0.29, 0.717) is 13.2 Å². The summed E-state index contributed by atoms with van der Waals surface area (Å²) in [7, 11) is 0. The summed E-state index contributed by atoms with van der Waals surface area (Å²) < 4.78 is 18.3. The van der Waals surface area contributed by atoms with Crippen molar-refractivity contribution in [1.82, 2.24) is 0 Å². The Kier molecular flexibility index (Phi) is 4.57. The lowest BCUT2D eigenvalue weighted by Crippen LogP contribution is -2.14. The molecule has 2 atom stereocenters. The zero-order valence-electron chi connectivity index (χ0n) is 12.7. The SMILES string of the molecule is NCCOc1ccc(NC(=O)C2CC2c2ccc(F)cc2)cc1. The fourth-order valence-electron chi connectivity index (χ4n) is 2.61. The molecule has 1 saturated carbocycles. The molecule has 4 nitrogen and oxygen atoms in total. The van der Waals surface area contributed by atoms with Crippen LogP contribution in [0.3, 0.4) is 0 Å². The summed E-state index contributed by atoms with van der Waals surface area (Å²) >= 11 is 0. The van der Waals surface area contributed by atoms with E-state index in [1.807, 2.05) is 0 Å². The van der Waals surface area contributed by atoms with Gasteiger partial charge in [-0.15, -0.1) is 0 Å². The van der Waals surface area contributed by atoms with E-state index in [4.69, 9.17) is 10.5 Å². The third kappa shape index (κ3) is 3.87. The second-order valence-electron chi connectivity index (χ2n) is 5.65. The number of amides is 1. The molecule has 120 valence electrons. The summed E-state index contributed by atoms with van der Waals surface area (Å²) in [6.07, 6.45) is 0.801. The lowest BCUT2D eigenvalue weighted by Gasteiger charge is -2.07. The van der Waals surface area contributed by atoms with Crippen LogP contribution in [0.25, 0.3) is 0 Å². The third-order valence-electron chi connectivity index (χ3n) is 3.93. The normalized spacial score (nSPS) is 19.2. The minimum absolute atomic E-state index is 0.00467. The molecule has 3 N–H and O–H groups in total. The van der Waals surface area contributed by atoms with Crippen LogP contribution in [0.4, 0.5) is 10.1 Å². The van der Waals surface area contributed by atoms with Crippen molar-refractivity contribution < 1.29 is 13.9 Å². The largest absolute Gasteiger partial charge is 0.492 e. The predicted molar refractivity (Wildman–Crippen MR) is 86.9 cm³/mol. The van der Waals surface area contributed by atoms with Crippen LogP contribution in [0.1, 0.15) is 17.9 Å². The number of halogens is 1. The molecular formula is C18H19FN2O2. The number of carbonyl (C=O) groups is 1. The Morgan fingerprint density at radius 2 is 1.87 bits per heavy atom. The monoisotopic (exact) mass is 314 g/mol. The molecule has 0 saturated heterocycles. The van der Waals surface area contributed by atoms with E-state index < -0.39 is 0 Å². The van der Waals surface area contributed by atoms with Gasteiger partial charge < -0.3 is 15.8 Å². The molecule has 3 rings (SSSR count). The van der Waals surface area contributed by atoms with Crippen LogP contribution in [-0.2, 0) is 4.79 Å². The third-order valence-corrected chi connectivity index (χ3v) is 3.93. The van der Waals surface area contributed by atoms with E-state index in [9.17, 15) is 9.18 Å². The predicted octanol–water partition coefficient (Wildman–Crippen LogP) is 2.91. The van der Waals surface area contributed by atoms with Crippen LogP contribution < -0.4 is 15.8 Å². The highest BCUT2D eigenvalue weighted by molar-refractivity contribution is 5.95. The Hall–Kier alpha value is -2.40. The van der Waals surface area contributed by atoms with Gasteiger partial charge in [-0.2, -0.15) is 0 Å². The zero-order chi connectivity index (χ0) is 16.2. The van der Waals surface area contributed by atoms with Gasteiger partial charge in [0.15, 0.2) is 0 Å². The van der Waals surface area contributed by atoms with E-state index in [1.54, 1.807) is 36.4 Å². The van der Waals surface area contributed by atoms with Crippen molar-refractivity contribution in [2.45, 2.75) is 12.3 Å². The molecule has 0 aliphatic heterocycles. The number of nitrogens with two attached hydrogens (primary N) is 1. The molecule has 1 amide bonds. The van der Waals surface area contributed by atoms with E-state index in [2.05, 4.69) is 5.32 Å². The molecule has 2 unspecified atom stereocenters. The Bertz CT molecular complexity index is 670. The van der Waals surface area contributed by atoms with Gasteiger partial charge in [0.2, 0.25) is 5.91 Å². The molecule has 1 aliphatic carbocycles. The highest BCUT2D eigenvalue weighted by Crippen LogP contribution is 2.48. The quantitative estimate of drug-likeness (QED) is 0.861. The first-order chi connectivity index (χ1) is 11.2. The minimum Gasteiger partial charge on any atom is -0.492 e. The van der Waals surface area contributed by atoms with Crippen molar-refractivity contribution in [1.29, 1.82) is 0 Å². The summed E-state index contributed by atoms with van der Waals surface area (Å²) in [5.74, 6) is 0.600. The number of benzene rings is 2.